The van der Waals surface area contributed by atoms with Crippen LogP contribution in [-0.2, 0) is 24.1 Å². The predicted octanol–water partition coefficient (Wildman–Crippen LogP) is 5.80. The molecule has 1 N–H and O–H groups in total. The minimum Gasteiger partial charge on any atom is -0.489 e. The molecule has 1 heterocycles. The van der Waals surface area contributed by atoms with Gasteiger partial charge in [0.2, 0.25) is 0 Å². The Kier molecular flexibility index (Phi) is 8.59. The minimum atomic E-state index is -4.32. The molecule has 198 valence electrons. The highest BCUT2D eigenvalue weighted by molar-refractivity contribution is 5.69. The molecule has 1 aliphatic rings. The zero-order valence-corrected chi connectivity index (χ0v) is 20.8. The average molecular weight is 523 g/mol. The Morgan fingerprint density at radius 2 is 1.53 bits per heavy atom. The number of rotatable bonds is 9. The van der Waals surface area contributed by atoms with Crippen molar-refractivity contribution in [1.29, 1.82) is 0 Å². The Balaban J connectivity index is 1.23. The van der Waals surface area contributed by atoms with Crippen molar-refractivity contribution in [2.45, 2.75) is 31.7 Å². The van der Waals surface area contributed by atoms with Crippen LogP contribution in [0.25, 0.3) is 0 Å². The number of ether oxygens (including phenoxy) is 1. The lowest BCUT2D eigenvalue weighted by Crippen LogP contribution is -2.45. The molecule has 1 fully saturated rings. The van der Waals surface area contributed by atoms with Crippen LogP contribution in [0, 0.1) is 12.3 Å². The fourth-order valence-corrected chi connectivity index (χ4v) is 4.44. The molecule has 0 amide bonds. The Labute approximate surface area is 220 Å². The summed E-state index contributed by atoms with van der Waals surface area (Å²) in [6.45, 7) is 4.38. The molecular formula is C30H29F3N2O3. The molecule has 4 rings (SSSR count). The lowest BCUT2D eigenvalue weighted by molar-refractivity contribution is -0.138. The van der Waals surface area contributed by atoms with Crippen LogP contribution in [0.4, 0.5) is 18.9 Å². The van der Waals surface area contributed by atoms with Crippen LogP contribution in [0.15, 0.2) is 72.8 Å². The molecule has 1 aliphatic heterocycles. The van der Waals surface area contributed by atoms with Gasteiger partial charge in [-0.2, -0.15) is 13.2 Å². The molecule has 0 saturated carbocycles. The molecule has 0 bridgehead atoms. The largest absolute Gasteiger partial charge is 0.489 e. The first-order valence-corrected chi connectivity index (χ1v) is 12.3. The maximum absolute atomic E-state index is 12.8. The number of carboxylic acid groups (broad SMARTS) is 1. The van der Waals surface area contributed by atoms with E-state index in [-0.39, 0.29) is 6.42 Å². The number of hydrogen-bond donors (Lipinski definition) is 1. The summed E-state index contributed by atoms with van der Waals surface area (Å²) in [7, 11) is 0. The number of carbonyl (C=O) groups is 1. The highest BCUT2D eigenvalue weighted by atomic mass is 19.4. The topological polar surface area (TPSA) is 53.0 Å². The number of halogens is 3. The molecule has 8 heteroatoms. The first-order valence-electron chi connectivity index (χ1n) is 12.3. The van der Waals surface area contributed by atoms with Gasteiger partial charge in [0.15, 0.2) is 0 Å². The van der Waals surface area contributed by atoms with Gasteiger partial charge < -0.3 is 14.7 Å². The van der Waals surface area contributed by atoms with Crippen LogP contribution in [-0.4, -0.2) is 42.2 Å². The summed E-state index contributed by atoms with van der Waals surface area (Å²) in [6, 6.07) is 20.8. The molecule has 5 nitrogen and oxygen atoms in total. The third kappa shape index (κ3) is 7.30. The smallest absolute Gasteiger partial charge is 0.416 e. The van der Waals surface area contributed by atoms with Crippen molar-refractivity contribution in [3.63, 3.8) is 0 Å². The van der Waals surface area contributed by atoms with Gasteiger partial charge in [-0.1, -0.05) is 42.3 Å². The highest BCUT2D eigenvalue weighted by Gasteiger charge is 2.30. The number of carboxylic acids is 1. The summed E-state index contributed by atoms with van der Waals surface area (Å²) < 4.78 is 44.3. The van der Waals surface area contributed by atoms with Crippen molar-refractivity contribution in [2.24, 2.45) is 0 Å². The monoisotopic (exact) mass is 522 g/mol. The average Bonchev–Trinajstić information content (AvgIpc) is 2.92. The second-order valence-corrected chi connectivity index (χ2v) is 9.30. The maximum atomic E-state index is 12.8. The molecule has 38 heavy (non-hydrogen) atoms. The number of terminal acetylenes is 1. The Bertz CT molecular complexity index is 1240. The molecular weight excluding hydrogens is 493 g/mol. The minimum absolute atomic E-state index is 0.113. The molecule has 1 atom stereocenters. The molecule has 0 unspecified atom stereocenters. The summed E-state index contributed by atoms with van der Waals surface area (Å²) in [5, 5.41) is 8.98. The zero-order chi connectivity index (χ0) is 27.1. The van der Waals surface area contributed by atoms with Gasteiger partial charge in [-0.25, -0.2) is 0 Å². The summed E-state index contributed by atoms with van der Waals surface area (Å²) in [5.74, 6) is 1.79. The molecule has 1 saturated heterocycles. The van der Waals surface area contributed by atoms with E-state index in [0.717, 1.165) is 61.7 Å². The normalized spacial score (nSPS) is 15.1. The van der Waals surface area contributed by atoms with Crippen LogP contribution in [0.2, 0.25) is 0 Å². The van der Waals surface area contributed by atoms with Gasteiger partial charge >= 0.3 is 12.1 Å². The molecule has 0 spiro atoms. The number of anilines is 1. The summed E-state index contributed by atoms with van der Waals surface area (Å²) in [6.07, 6.45) is 1.03. The zero-order valence-electron chi connectivity index (χ0n) is 20.8. The van der Waals surface area contributed by atoms with Crippen LogP contribution in [0.5, 0.6) is 5.75 Å². The number of nitrogens with zero attached hydrogens (tertiary/aromatic N) is 2. The van der Waals surface area contributed by atoms with E-state index in [4.69, 9.17) is 16.3 Å². The third-order valence-corrected chi connectivity index (χ3v) is 6.63. The van der Waals surface area contributed by atoms with Crippen molar-refractivity contribution < 1.29 is 27.8 Å². The van der Waals surface area contributed by atoms with Crippen molar-refractivity contribution in [1.82, 2.24) is 4.90 Å². The van der Waals surface area contributed by atoms with Gasteiger partial charge in [0.1, 0.15) is 12.4 Å². The Hall–Kier alpha value is -3.96. The first-order chi connectivity index (χ1) is 18.2. The van der Waals surface area contributed by atoms with Crippen LogP contribution in [0.1, 0.15) is 34.6 Å². The standard InChI is InChI=1S/C30H29F3N2O3/c1-2-24(19-29(36)37)25-7-13-28(14-8-25)38-21-23-5-3-22(4-6-23)20-34-15-17-35(18-16-34)27-11-9-26(10-12-27)30(31,32)33/h1,3-14,24H,15-21H2,(H,36,37)/t24-/m0/s1. The molecule has 0 aromatic heterocycles. The van der Waals surface area contributed by atoms with Crippen LogP contribution in [0.3, 0.4) is 0 Å². The maximum Gasteiger partial charge on any atom is 0.416 e. The fraction of sp³-hybridized carbons (Fsp3) is 0.300. The van der Waals surface area contributed by atoms with Crippen molar-refractivity contribution >= 4 is 11.7 Å². The number of alkyl halides is 3. The van der Waals surface area contributed by atoms with Crippen LogP contribution >= 0.6 is 0 Å². The number of piperazine rings is 1. The van der Waals surface area contributed by atoms with E-state index in [9.17, 15) is 18.0 Å². The van der Waals surface area contributed by atoms with E-state index in [1.807, 2.05) is 12.1 Å². The van der Waals surface area contributed by atoms with E-state index in [2.05, 4.69) is 27.9 Å². The second-order valence-electron chi connectivity index (χ2n) is 9.30. The van der Waals surface area contributed by atoms with Crippen molar-refractivity contribution in [3.05, 3.63) is 95.1 Å². The summed E-state index contributed by atoms with van der Waals surface area (Å²) in [5.41, 5.74) is 3.16. The van der Waals surface area contributed by atoms with E-state index in [0.29, 0.717) is 12.4 Å². The number of hydrogen-bond acceptors (Lipinski definition) is 4. The lowest BCUT2D eigenvalue weighted by Gasteiger charge is -2.36. The van der Waals surface area contributed by atoms with E-state index in [1.165, 1.54) is 5.56 Å². The number of aliphatic carboxylic acids is 1. The lowest BCUT2D eigenvalue weighted by atomic mass is 9.97. The SMILES string of the molecule is C#C[C@@H](CC(=O)O)c1ccc(OCc2ccc(CN3CCN(c4ccc(C(F)(F)F)cc4)CC3)cc2)cc1. The molecule has 0 radical (unpaired) electrons. The first kappa shape index (κ1) is 27.1. The van der Waals surface area contributed by atoms with Crippen molar-refractivity contribution in [3.8, 4) is 18.1 Å². The van der Waals surface area contributed by atoms with Gasteiger partial charge in [-0.15, -0.1) is 6.42 Å². The van der Waals surface area contributed by atoms with Gasteiger partial charge in [-0.3, -0.25) is 9.69 Å². The van der Waals surface area contributed by atoms with Gasteiger partial charge in [-0.05, 0) is 53.1 Å². The molecule has 0 aliphatic carbocycles. The van der Waals surface area contributed by atoms with E-state index in [1.54, 1.807) is 36.4 Å². The second kappa shape index (κ2) is 12.1. The Morgan fingerprint density at radius 3 is 2.08 bits per heavy atom. The Morgan fingerprint density at radius 1 is 0.921 bits per heavy atom. The highest BCUT2D eigenvalue weighted by Crippen LogP contribution is 2.31. The molecule has 3 aromatic carbocycles. The van der Waals surface area contributed by atoms with Crippen LogP contribution < -0.4 is 9.64 Å². The van der Waals surface area contributed by atoms with Gasteiger partial charge in [0, 0.05) is 38.4 Å². The quantitative estimate of drug-likeness (QED) is 0.360. The van der Waals surface area contributed by atoms with E-state index < -0.39 is 23.6 Å². The van der Waals surface area contributed by atoms with E-state index >= 15 is 0 Å². The van der Waals surface area contributed by atoms with Gasteiger partial charge in [0.05, 0.1) is 17.9 Å². The number of benzene rings is 3. The predicted molar refractivity (Wildman–Crippen MR) is 140 cm³/mol. The van der Waals surface area contributed by atoms with Gasteiger partial charge in [0.25, 0.3) is 0 Å². The summed E-state index contributed by atoms with van der Waals surface area (Å²) >= 11 is 0. The third-order valence-electron chi connectivity index (χ3n) is 6.63. The molecule has 3 aromatic rings. The van der Waals surface area contributed by atoms with Crippen molar-refractivity contribution in [2.75, 3.05) is 31.1 Å². The fourth-order valence-electron chi connectivity index (χ4n) is 4.44. The summed E-state index contributed by atoms with van der Waals surface area (Å²) in [4.78, 5) is 15.4.